The molecule has 0 unspecified atom stereocenters. The van der Waals surface area contributed by atoms with Gasteiger partial charge in [-0.05, 0) is 41.0 Å². The van der Waals surface area contributed by atoms with Gasteiger partial charge in [0.1, 0.15) is 11.2 Å². The summed E-state index contributed by atoms with van der Waals surface area (Å²) in [6.07, 6.45) is 3.44. The van der Waals surface area contributed by atoms with E-state index in [4.69, 9.17) is 9.47 Å². The van der Waals surface area contributed by atoms with Crippen molar-refractivity contribution in [3.63, 3.8) is 0 Å². The molecule has 3 aromatic carbocycles. The molecule has 4 rings (SSSR count). The maximum atomic E-state index is 13.9. The van der Waals surface area contributed by atoms with Crippen LogP contribution in [0.4, 0.5) is 5.69 Å². The Kier molecular flexibility index (Phi) is 5.09. The van der Waals surface area contributed by atoms with Gasteiger partial charge in [0.25, 0.3) is 0 Å². The Morgan fingerprint density at radius 3 is 2.28 bits per heavy atom. The zero-order valence-electron chi connectivity index (χ0n) is 16.5. The lowest BCUT2D eigenvalue weighted by Crippen LogP contribution is -2.39. The fraction of sp³-hybridized carbons (Fsp3) is 0.160. The molecule has 0 aromatic heterocycles. The second-order valence-corrected chi connectivity index (χ2v) is 6.97. The Hall–Kier alpha value is -3.53. The van der Waals surface area contributed by atoms with Crippen LogP contribution in [0.5, 0.6) is 5.75 Å². The molecule has 1 heterocycles. The molecule has 1 amide bonds. The molecule has 29 heavy (non-hydrogen) atoms. The molecule has 0 saturated heterocycles. The third kappa shape index (κ3) is 3.17. The monoisotopic (exact) mass is 385 g/mol. The molecule has 3 aromatic rings. The van der Waals surface area contributed by atoms with E-state index < -0.39 is 5.41 Å². The van der Waals surface area contributed by atoms with Gasteiger partial charge in [-0.3, -0.25) is 4.79 Å². The van der Waals surface area contributed by atoms with Crippen LogP contribution in [0.15, 0.2) is 91.2 Å². The highest BCUT2D eigenvalue weighted by Crippen LogP contribution is 2.48. The van der Waals surface area contributed by atoms with Crippen LogP contribution in [0, 0.1) is 0 Å². The SMILES string of the molecule is CO/C=C/[C@@]1(c2ccc(OC)cc2)C(=O)N(Cc2ccccc2)c2ccccc21. The largest absolute Gasteiger partial charge is 0.505 e. The van der Waals surface area contributed by atoms with Gasteiger partial charge >= 0.3 is 0 Å². The van der Waals surface area contributed by atoms with Crippen molar-refractivity contribution in [2.24, 2.45) is 0 Å². The van der Waals surface area contributed by atoms with Crippen LogP contribution < -0.4 is 9.64 Å². The molecular formula is C25H23NO3. The highest BCUT2D eigenvalue weighted by molar-refractivity contribution is 6.11. The highest BCUT2D eigenvalue weighted by atomic mass is 16.5. The van der Waals surface area contributed by atoms with Gasteiger partial charge in [-0.1, -0.05) is 60.7 Å². The van der Waals surface area contributed by atoms with E-state index in [2.05, 4.69) is 0 Å². The number of fused-ring (bicyclic) bond motifs is 1. The fourth-order valence-electron chi connectivity index (χ4n) is 3.96. The van der Waals surface area contributed by atoms with E-state index >= 15 is 0 Å². The maximum absolute atomic E-state index is 13.9. The standard InChI is InChI=1S/C25H23NO3/c1-28-17-16-25(20-12-14-21(29-2)15-13-20)22-10-6-7-11-23(22)26(24(25)27)18-19-8-4-3-5-9-19/h3-17H,18H2,1-2H3/b17-16+/t25-/m0/s1. The number of hydrogen-bond acceptors (Lipinski definition) is 3. The van der Waals surface area contributed by atoms with Gasteiger partial charge in [-0.25, -0.2) is 0 Å². The molecule has 0 fully saturated rings. The van der Waals surface area contributed by atoms with Crippen molar-refractivity contribution in [2.45, 2.75) is 12.0 Å². The van der Waals surface area contributed by atoms with Crippen molar-refractivity contribution < 1.29 is 14.3 Å². The van der Waals surface area contributed by atoms with Crippen molar-refractivity contribution in [3.8, 4) is 5.75 Å². The molecule has 4 heteroatoms. The van der Waals surface area contributed by atoms with Crippen LogP contribution in [-0.2, 0) is 21.5 Å². The van der Waals surface area contributed by atoms with Crippen LogP contribution >= 0.6 is 0 Å². The summed E-state index contributed by atoms with van der Waals surface area (Å²) in [6, 6.07) is 25.6. The van der Waals surface area contributed by atoms with Gasteiger partial charge in [0.2, 0.25) is 5.91 Å². The number of anilines is 1. The first-order chi connectivity index (χ1) is 14.2. The van der Waals surface area contributed by atoms with Crippen molar-refractivity contribution in [1.82, 2.24) is 0 Å². The zero-order valence-corrected chi connectivity index (χ0v) is 16.5. The smallest absolute Gasteiger partial charge is 0.246 e. The lowest BCUT2D eigenvalue weighted by Gasteiger charge is -2.26. The minimum atomic E-state index is -0.951. The number of nitrogens with zero attached hydrogens (tertiary/aromatic N) is 1. The number of benzene rings is 3. The quantitative estimate of drug-likeness (QED) is 0.578. The van der Waals surface area contributed by atoms with E-state index in [0.29, 0.717) is 6.54 Å². The van der Waals surface area contributed by atoms with Gasteiger partial charge in [-0.15, -0.1) is 0 Å². The Morgan fingerprint density at radius 1 is 0.897 bits per heavy atom. The Balaban J connectivity index is 1.88. The van der Waals surface area contributed by atoms with Crippen LogP contribution in [0.1, 0.15) is 16.7 Å². The number of para-hydroxylation sites is 1. The van der Waals surface area contributed by atoms with Crippen LogP contribution in [0.3, 0.4) is 0 Å². The molecule has 0 saturated carbocycles. The number of carbonyl (C=O) groups is 1. The lowest BCUT2D eigenvalue weighted by molar-refractivity contribution is -0.120. The third-order valence-electron chi connectivity index (χ3n) is 5.39. The van der Waals surface area contributed by atoms with Crippen LogP contribution in [-0.4, -0.2) is 20.1 Å². The Bertz CT molecular complexity index is 1030. The summed E-state index contributed by atoms with van der Waals surface area (Å²) in [5.74, 6) is 0.750. The number of methoxy groups -OCH3 is 2. The van der Waals surface area contributed by atoms with Gasteiger partial charge in [-0.2, -0.15) is 0 Å². The Labute approximate surface area is 171 Å². The molecule has 1 atom stereocenters. The normalized spacial score (nSPS) is 18.1. The minimum Gasteiger partial charge on any atom is -0.505 e. The zero-order chi connectivity index (χ0) is 20.3. The first-order valence-corrected chi connectivity index (χ1v) is 9.51. The summed E-state index contributed by atoms with van der Waals surface area (Å²) >= 11 is 0. The molecule has 0 radical (unpaired) electrons. The summed E-state index contributed by atoms with van der Waals surface area (Å²) in [4.78, 5) is 15.8. The van der Waals surface area contributed by atoms with Gasteiger partial charge in [0.15, 0.2) is 0 Å². The van der Waals surface area contributed by atoms with Crippen LogP contribution in [0.2, 0.25) is 0 Å². The third-order valence-corrected chi connectivity index (χ3v) is 5.39. The lowest BCUT2D eigenvalue weighted by atomic mass is 9.75. The summed E-state index contributed by atoms with van der Waals surface area (Å²) < 4.78 is 10.5. The number of ether oxygens (including phenoxy) is 2. The molecule has 1 aliphatic heterocycles. The molecular weight excluding hydrogens is 362 g/mol. The molecule has 1 aliphatic rings. The van der Waals surface area contributed by atoms with Crippen molar-refractivity contribution >= 4 is 11.6 Å². The van der Waals surface area contributed by atoms with Crippen molar-refractivity contribution in [2.75, 3.05) is 19.1 Å². The van der Waals surface area contributed by atoms with Crippen molar-refractivity contribution in [3.05, 3.63) is 108 Å². The second kappa shape index (κ2) is 7.84. The molecule has 146 valence electrons. The molecule has 0 N–H and O–H groups in total. The number of amides is 1. The van der Waals surface area contributed by atoms with Crippen LogP contribution in [0.25, 0.3) is 0 Å². The van der Waals surface area contributed by atoms with E-state index in [1.807, 2.05) is 89.8 Å². The number of rotatable bonds is 6. The van der Waals surface area contributed by atoms with E-state index in [0.717, 1.165) is 28.1 Å². The van der Waals surface area contributed by atoms with Gasteiger partial charge < -0.3 is 14.4 Å². The molecule has 4 nitrogen and oxygen atoms in total. The summed E-state index contributed by atoms with van der Waals surface area (Å²) in [5.41, 5.74) is 2.86. The Morgan fingerprint density at radius 2 is 1.59 bits per heavy atom. The second-order valence-electron chi connectivity index (χ2n) is 6.97. The summed E-state index contributed by atoms with van der Waals surface area (Å²) in [6.45, 7) is 0.509. The average Bonchev–Trinajstić information content (AvgIpc) is 3.02. The average molecular weight is 385 g/mol. The predicted octanol–water partition coefficient (Wildman–Crippen LogP) is 4.69. The van der Waals surface area contributed by atoms with E-state index in [-0.39, 0.29) is 5.91 Å². The summed E-state index contributed by atoms with van der Waals surface area (Å²) in [5, 5.41) is 0. The number of hydrogen-bond donors (Lipinski definition) is 0. The topological polar surface area (TPSA) is 38.8 Å². The first-order valence-electron chi connectivity index (χ1n) is 9.51. The van der Waals surface area contributed by atoms with E-state index in [1.54, 1.807) is 20.5 Å². The first kappa shape index (κ1) is 18.8. The molecule has 0 bridgehead atoms. The summed E-state index contributed by atoms with van der Waals surface area (Å²) in [7, 11) is 3.22. The fourth-order valence-corrected chi connectivity index (χ4v) is 3.96. The number of carbonyl (C=O) groups excluding carboxylic acids is 1. The van der Waals surface area contributed by atoms with Gasteiger partial charge in [0.05, 0.1) is 27.0 Å². The van der Waals surface area contributed by atoms with Crippen molar-refractivity contribution in [1.29, 1.82) is 0 Å². The predicted molar refractivity (Wildman–Crippen MR) is 114 cm³/mol. The molecule has 0 spiro atoms. The maximum Gasteiger partial charge on any atom is 0.246 e. The van der Waals surface area contributed by atoms with E-state index in [9.17, 15) is 4.79 Å². The minimum absolute atomic E-state index is 0.000944. The van der Waals surface area contributed by atoms with E-state index in [1.165, 1.54) is 0 Å². The molecule has 0 aliphatic carbocycles. The highest BCUT2D eigenvalue weighted by Gasteiger charge is 2.50. The van der Waals surface area contributed by atoms with Gasteiger partial charge in [0, 0.05) is 5.69 Å².